The van der Waals surface area contributed by atoms with Gasteiger partial charge >= 0.3 is 0 Å². The van der Waals surface area contributed by atoms with Crippen molar-refractivity contribution in [3.63, 3.8) is 0 Å². The van der Waals surface area contributed by atoms with Gasteiger partial charge in [-0.25, -0.2) is 0 Å². The molecule has 0 heterocycles. The fourth-order valence-corrected chi connectivity index (χ4v) is 1.55. The second kappa shape index (κ2) is 4.97. The molecule has 1 aromatic rings. The van der Waals surface area contributed by atoms with Crippen molar-refractivity contribution in [1.82, 2.24) is 0 Å². The molecular weight excluding hydrogens is 144 g/mol. The fourth-order valence-electron chi connectivity index (χ4n) is 1.55. The van der Waals surface area contributed by atoms with Gasteiger partial charge in [0.2, 0.25) is 0 Å². The van der Waals surface area contributed by atoms with E-state index in [0.29, 0.717) is 0 Å². The van der Waals surface area contributed by atoms with Gasteiger partial charge in [0.25, 0.3) is 0 Å². The molecule has 0 bridgehead atoms. The van der Waals surface area contributed by atoms with Crippen molar-refractivity contribution in [1.29, 1.82) is 0 Å². The molecule has 0 heteroatoms. The molecule has 0 aliphatic rings. The molecule has 1 radical (unpaired) electrons. The van der Waals surface area contributed by atoms with E-state index in [-0.39, 0.29) is 0 Å². The molecule has 65 valence electrons. The third kappa shape index (κ3) is 2.37. The second-order valence-electron chi connectivity index (χ2n) is 3.16. The van der Waals surface area contributed by atoms with Gasteiger partial charge in [0, 0.05) is 0 Å². The summed E-state index contributed by atoms with van der Waals surface area (Å²) in [6.07, 6.45) is 4.68. The van der Waals surface area contributed by atoms with Crippen molar-refractivity contribution < 1.29 is 0 Å². The first-order chi connectivity index (χ1) is 5.88. The highest BCUT2D eigenvalue weighted by atomic mass is 14.1. The van der Waals surface area contributed by atoms with Gasteiger partial charge in [0.1, 0.15) is 0 Å². The Morgan fingerprint density at radius 3 is 2.42 bits per heavy atom. The minimum Gasteiger partial charge on any atom is -0.0648 e. The summed E-state index contributed by atoms with van der Waals surface area (Å²) in [5.74, 6) is 0.719. The molecule has 0 saturated carbocycles. The van der Waals surface area contributed by atoms with Crippen LogP contribution in [0.4, 0.5) is 0 Å². The van der Waals surface area contributed by atoms with Gasteiger partial charge in [-0.05, 0) is 30.7 Å². The second-order valence-corrected chi connectivity index (χ2v) is 3.16. The van der Waals surface area contributed by atoms with E-state index in [9.17, 15) is 0 Å². The van der Waals surface area contributed by atoms with Gasteiger partial charge in [-0.1, -0.05) is 44.2 Å². The Morgan fingerprint density at radius 2 is 1.92 bits per heavy atom. The quantitative estimate of drug-likeness (QED) is 0.630. The van der Waals surface area contributed by atoms with Crippen LogP contribution >= 0.6 is 0 Å². The standard InChI is InChI=1S/C12H17/c1-3-8-11(4-2)12-9-6-5-7-10-12/h3,5-7,9-11H,4,8H2,1-2H3. The summed E-state index contributed by atoms with van der Waals surface area (Å²) >= 11 is 0. The summed E-state index contributed by atoms with van der Waals surface area (Å²) in [6.45, 7) is 4.38. The maximum absolute atomic E-state index is 2.25. The molecule has 0 aromatic heterocycles. The summed E-state index contributed by atoms with van der Waals surface area (Å²) in [6, 6.07) is 10.8. The highest BCUT2D eigenvalue weighted by Crippen LogP contribution is 2.23. The predicted molar refractivity (Wildman–Crippen MR) is 54.1 cm³/mol. The minimum atomic E-state index is 0.719. The average Bonchev–Trinajstić information content (AvgIpc) is 2.15. The lowest BCUT2D eigenvalue weighted by Crippen LogP contribution is -1.95. The topological polar surface area (TPSA) is 0 Å². The van der Waals surface area contributed by atoms with Crippen LogP contribution in [-0.4, -0.2) is 0 Å². The summed E-state index contributed by atoms with van der Waals surface area (Å²) in [5.41, 5.74) is 1.47. The zero-order valence-electron chi connectivity index (χ0n) is 7.96. The van der Waals surface area contributed by atoms with Crippen LogP contribution in [0, 0.1) is 6.42 Å². The Bertz CT molecular complexity index is 201. The Labute approximate surface area is 75.6 Å². The van der Waals surface area contributed by atoms with E-state index in [1.807, 2.05) is 0 Å². The molecule has 0 aliphatic carbocycles. The maximum Gasteiger partial charge on any atom is -0.0162 e. The van der Waals surface area contributed by atoms with Crippen molar-refractivity contribution in [3.05, 3.63) is 42.3 Å². The summed E-state index contributed by atoms with van der Waals surface area (Å²) < 4.78 is 0. The van der Waals surface area contributed by atoms with Crippen molar-refractivity contribution in [2.24, 2.45) is 0 Å². The molecule has 1 aromatic carbocycles. The van der Waals surface area contributed by atoms with Gasteiger partial charge in [-0.3, -0.25) is 0 Å². The van der Waals surface area contributed by atoms with Gasteiger partial charge < -0.3 is 0 Å². The summed E-state index contributed by atoms with van der Waals surface area (Å²) in [4.78, 5) is 0. The molecular formula is C12H17. The highest BCUT2D eigenvalue weighted by Gasteiger charge is 2.06. The molecule has 12 heavy (non-hydrogen) atoms. The number of benzene rings is 1. The van der Waals surface area contributed by atoms with Crippen LogP contribution < -0.4 is 0 Å². The molecule has 0 spiro atoms. The third-order valence-electron chi connectivity index (χ3n) is 2.28. The number of hydrogen-bond donors (Lipinski definition) is 0. The molecule has 1 atom stereocenters. The van der Waals surface area contributed by atoms with Crippen LogP contribution in [0.25, 0.3) is 0 Å². The molecule has 0 saturated heterocycles. The third-order valence-corrected chi connectivity index (χ3v) is 2.28. The van der Waals surface area contributed by atoms with Crippen LogP contribution in [0.5, 0.6) is 0 Å². The molecule has 0 nitrogen and oxygen atoms in total. The normalized spacial score (nSPS) is 12.8. The zero-order valence-corrected chi connectivity index (χ0v) is 7.96. The average molecular weight is 161 g/mol. The van der Waals surface area contributed by atoms with Gasteiger partial charge in [0.15, 0.2) is 0 Å². The highest BCUT2D eigenvalue weighted by molar-refractivity contribution is 5.19. The van der Waals surface area contributed by atoms with Gasteiger partial charge in [-0.2, -0.15) is 0 Å². The van der Waals surface area contributed by atoms with Gasteiger partial charge in [0.05, 0.1) is 0 Å². The van der Waals surface area contributed by atoms with Crippen LogP contribution in [0.1, 0.15) is 38.2 Å². The fraction of sp³-hybridized carbons (Fsp3) is 0.417. The van der Waals surface area contributed by atoms with Crippen molar-refractivity contribution in [3.8, 4) is 0 Å². The minimum absolute atomic E-state index is 0.719. The summed E-state index contributed by atoms with van der Waals surface area (Å²) in [5, 5.41) is 0. The Kier molecular flexibility index (Phi) is 3.86. The monoisotopic (exact) mass is 161 g/mol. The maximum atomic E-state index is 2.25. The SMILES string of the molecule is C[CH]CC(CC)c1ccccc1. The van der Waals surface area contributed by atoms with Gasteiger partial charge in [-0.15, -0.1) is 0 Å². The molecule has 1 rings (SSSR count). The molecule has 0 amide bonds. The lowest BCUT2D eigenvalue weighted by atomic mass is 9.92. The lowest BCUT2D eigenvalue weighted by Gasteiger charge is -2.13. The van der Waals surface area contributed by atoms with Crippen LogP contribution in [-0.2, 0) is 0 Å². The first-order valence-electron chi connectivity index (χ1n) is 4.71. The Morgan fingerprint density at radius 1 is 1.25 bits per heavy atom. The number of rotatable bonds is 4. The van der Waals surface area contributed by atoms with Crippen LogP contribution in [0.2, 0.25) is 0 Å². The van der Waals surface area contributed by atoms with E-state index in [2.05, 4.69) is 50.6 Å². The van der Waals surface area contributed by atoms with E-state index in [1.165, 1.54) is 18.4 Å². The van der Waals surface area contributed by atoms with Crippen LogP contribution in [0.15, 0.2) is 30.3 Å². The Balaban J connectivity index is 2.66. The molecule has 0 fully saturated rings. The predicted octanol–water partition coefficient (Wildman–Crippen LogP) is 3.79. The van der Waals surface area contributed by atoms with Crippen molar-refractivity contribution >= 4 is 0 Å². The van der Waals surface area contributed by atoms with Crippen LogP contribution in [0.3, 0.4) is 0 Å². The zero-order chi connectivity index (χ0) is 8.81. The molecule has 0 aliphatic heterocycles. The number of hydrogen-bond acceptors (Lipinski definition) is 0. The first kappa shape index (κ1) is 9.31. The van der Waals surface area contributed by atoms with E-state index >= 15 is 0 Å². The van der Waals surface area contributed by atoms with E-state index in [1.54, 1.807) is 0 Å². The van der Waals surface area contributed by atoms with E-state index in [0.717, 1.165) is 5.92 Å². The largest absolute Gasteiger partial charge is 0.0648 e. The summed E-state index contributed by atoms with van der Waals surface area (Å²) in [7, 11) is 0. The van der Waals surface area contributed by atoms with E-state index < -0.39 is 0 Å². The van der Waals surface area contributed by atoms with Crippen molar-refractivity contribution in [2.45, 2.75) is 32.6 Å². The van der Waals surface area contributed by atoms with E-state index in [4.69, 9.17) is 0 Å². The first-order valence-corrected chi connectivity index (χ1v) is 4.71. The smallest absolute Gasteiger partial charge is 0.0162 e. The molecule has 1 unspecified atom stereocenters. The van der Waals surface area contributed by atoms with Crippen molar-refractivity contribution in [2.75, 3.05) is 0 Å². The Hall–Kier alpha value is -0.780. The lowest BCUT2D eigenvalue weighted by molar-refractivity contribution is 0.653. The molecule has 0 N–H and O–H groups in total.